The molecule has 0 saturated heterocycles. The second kappa shape index (κ2) is 9.53. The number of benzene rings is 1. The van der Waals surface area contributed by atoms with Gasteiger partial charge in [0.25, 0.3) is 5.91 Å². The third-order valence-corrected chi connectivity index (χ3v) is 4.21. The van der Waals surface area contributed by atoms with Crippen LogP contribution >= 0.6 is 12.4 Å². The molecule has 0 spiro atoms. The summed E-state index contributed by atoms with van der Waals surface area (Å²) in [6.45, 7) is 2.98. The first-order chi connectivity index (χ1) is 10.6. The molecule has 1 aromatic carbocycles. The molecule has 1 aromatic rings. The van der Waals surface area contributed by atoms with E-state index in [-0.39, 0.29) is 30.3 Å². The van der Waals surface area contributed by atoms with Gasteiger partial charge in [0, 0.05) is 31.1 Å². The Morgan fingerprint density at radius 1 is 1.17 bits per heavy atom. The quantitative estimate of drug-likeness (QED) is 0.741. The molecule has 6 heteroatoms. The summed E-state index contributed by atoms with van der Waals surface area (Å²) in [6, 6.07) is 7.46. The van der Waals surface area contributed by atoms with Gasteiger partial charge in [-0.25, -0.2) is 0 Å². The number of rotatable bonds is 6. The van der Waals surface area contributed by atoms with Crippen LogP contribution < -0.4 is 16.4 Å². The summed E-state index contributed by atoms with van der Waals surface area (Å²) < 4.78 is 0. The van der Waals surface area contributed by atoms with Crippen LogP contribution in [0.2, 0.25) is 0 Å². The van der Waals surface area contributed by atoms with Crippen LogP contribution in [0.4, 0.5) is 0 Å². The summed E-state index contributed by atoms with van der Waals surface area (Å²) in [6.07, 6.45) is 3.72. The standard InChI is InChI=1S/C17H25N3O2.ClH/c1-2-19-17(22)13-8-6-12(7-9-13)11-20-16(21)10-14-4-3-5-15(14)18;/h6-9,14-15H,2-5,10-11,18H2,1H3,(H,19,22)(H,20,21);1H/t14-,15+;/m0./s1. The lowest BCUT2D eigenvalue weighted by Gasteiger charge is -2.14. The fourth-order valence-electron chi connectivity index (χ4n) is 2.87. The molecule has 2 atom stereocenters. The molecular weight excluding hydrogens is 314 g/mol. The molecule has 4 N–H and O–H groups in total. The van der Waals surface area contributed by atoms with E-state index < -0.39 is 0 Å². The van der Waals surface area contributed by atoms with Gasteiger partial charge in [-0.3, -0.25) is 9.59 Å². The predicted octanol–water partition coefficient (Wildman–Crippen LogP) is 1.99. The minimum absolute atomic E-state index is 0. The van der Waals surface area contributed by atoms with E-state index in [0.717, 1.165) is 24.8 Å². The highest BCUT2D eigenvalue weighted by Gasteiger charge is 2.25. The Hall–Kier alpha value is -1.59. The number of amides is 2. The van der Waals surface area contributed by atoms with Crippen LogP contribution in [0.1, 0.15) is 48.5 Å². The maximum absolute atomic E-state index is 11.9. The number of carbonyl (C=O) groups excluding carboxylic acids is 2. The van der Waals surface area contributed by atoms with Crippen LogP contribution in [-0.4, -0.2) is 24.4 Å². The fourth-order valence-corrected chi connectivity index (χ4v) is 2.87. The van der Waals surface area contributed by atoms with Crippen molar-refractivity contribution in [3.8, 4) is 0 Å². The van der Waals surface area contributed by atoms with Gasteiger partial charge in [-0.1, -0.05) is 18.6 Å². The van der Waals surface area contributed by atoms with E-state index in [1.165, 1.54) is 0 Å². The molecule has 1 aliphatic rings. The van der Waals surface area contributed by atoms with Gasteiger partial charge in [-0.05, 0) is 43.4 Å². The van der Waals surface area contributed by atoms with E-state index in [1.807, 2.05) is 19.1 Å². The minimum atomic E-state index is -0.0756. The summed E-state index contributed by atoms with van der Waals surface area (Å²) in [5, 5.41) is 5.68. The Bertz CT molecular complexity index is 519. The molecule has 23 heavy (non-hydrogen) atoms. The first kappa shape index (κ1) is 19.5. The number of carbonyl (C=O) groups is 2. The second-order valence-corrected chi connectivity index (χ2v) is 5.89. The van der Waals surface area contributed by atoms with Crippen molar-refractivity contribution in [2.75, 3.05) is 6.54 Å². The lowest BCUT2D eigenvalue weighted by Crippen LogP contribution is -2.31. The highest BCUT2D eigenvalue weighted by Crippen LogP contribution is 2.26. The first-order valence-electron chi connectivity index (χ1n) is 7.99. The van der Waals surface area contributed by atoms with Gasteiger partial charge in [0.1, 0.15) is 0 Å². The zero-order valence-corrected chi connectivity index (χ0v) is 14.3. The molecule has 1 saturated carbocycles. The summed E-state index contributed by atoms with van der Waals surface area (Å²) in [5.74, 6) is 0.295. The number of nitrogens with one attached hydrogen (secondary N) is 2. The zero-order valence-electron chi connectivity index (χ0n) is 13.5. The first-order valence-corrected chi connectivity index (χ1v) is 7.99. The Balaban J connectivity index is 0.00000264. The van der Waals surface area contributed by atoms with E-state index >= 15 is 0 Å². The minimum Gasteiger partial charge on any atom is -0.352 e. The predicted molar refractivity (Wildman–Crippen MR) is 93.5 cm³/mol. The topological polar surface area (TPSA) is 84.2 Å². The van der Waals surface area contributed by atoms with Crippen LogP contribution in [0.25, 0.3) is 0 Å². The second-order valence-electron chi connectivity index (χ2n) is 5.89. The van der Waals surface area contributed by atoms with Gasteiger partial charge in [-0.15, -0.1) is 12.4 Å². The molecule has 0 heterocycles. The molecular formula is C17H26ClN3O2. The number of hydrogen-bond donors (Lipinski definition) is 3. The van der Waals surface area contributed by atoms with Gasteiger partial charge in [-0.2, -0.15) is 0 Å². The summed E-state index contributed by atoms with van der Waals surface area (Å²) in [5.41, 5.74) is 7.60. The third-order valence-electron chi connectivity index (χ3n) is 4.21. The lowest BCUT2D eigenvalue weighted by atomic mass is 10.00. The van der Waals surface area contributed by atoms with Gasteiger partial charge >= 0.3 is 0 Å². The van der Waals surface area contributed by atoms with Gasteiger partial charge in [0.15, 0.2) is 0 Å². The summed E-state index contributed by atoms with van der Waals surface area (Å²) in [4.78, 5) is 23.6. The highest BCUT2D eigenvalue weighted by molar-refractivity contribution is 5.94. The zero-order chi connectivity index (χ0) is 15.9. The van der Waals surface area contributed by atoms with E-state index in [4.69, 9.17) is 5.73 Å². The van der Waals surface area contributed by atoms with Crippen molar-refractivity contribution < 1.29 is 9.59 Å². The van der Waals surface area contributed by atoms with Crippen molar-refractivity contribution in [2.45, 2.75) is 45.2 Å². The van der Waals surface area contributed by atoms with Crippen molar-refractivity contribution in [3.05, 3.63) is 35.4 Å². The average molecular weight is 340 g/mol. The molecule has 0 aromatic heterocycles. The maximum atomic E-state index is 11.9. The van der Waals surface area contributed by atoms with Crippen molar-refractivity contribution in [2.24, 2.45) is 11.7 Å². The van der Waals surface area contributed by atoms with Crippen molar-refractivity contribution in [3.63, 3.8) is 0 Å². The van der Waals surface area contributed by atoms with E-state index in [2.05, 4.69) is 10.6 Å². The van der Waals surface area contributed by atoms with Crippen LogP contribution in [0.5, 0.6) is 0 Å². The monoisotopic (exact) mass is 339 g/mol. The smallest absolute Gasteiger partial charge is 0.251 e. The molecule has 2 rings (SSSR count). The molecule has 2 amide bonds. The highest BCUT2D eigenvalue weighted by atomic mass is 35.5. The normalized spacial score (nSPS) is 19.7. The largest absolute Gasteiger partial charge is 0.352 e. The summed E-state index contributed by atoms with van der Waals surface area (Å²) in [7, 11) is 0. The van der Waals surface area contributed by atoms with Gasteiger partial charge in [0.2, 0.25) is 5.91 Å². The van der Waals surface area contributed by atoms with Gasteiger partial charge in [0.05, 0.1) is 0 Å². The molecule has 1 aliphatic carbocycles. The number of hydrogen-bond acceptors (Lipinski definition) is 3. The maximum Gasteiger partial charge on any atom is 0.251 e. The van der Waals surface area contributed by atoms with E-state index in [0.29, 0.717) is 31.0 Å². The summed E-state index contributed by atoms with van der Waals surface area (Å²) >= 11 is 0. The average Bonchev–Trinajstić information content (AvgIpc) is 2.91. The molecule has 128 valence electrons. The van der Waals surface area contributed by atoms with Crippen LogP contribution in [-0.2, 0) is 11.3 Å². The van der Waals surface area contributed by atoms with Crippen LogP contribution in [0, 0.1) is 5.92 Å². The van der Waals surface area contributed by atoms with Crippen molar-refractivity contribution in [1.29, 1.82) is 0 Å². The Labute approximate surface area is 143 Å². The van der Waals surface area contributed by atoms with Crippen molar-refractivity contribution >= 4 is 24.2 Å². The Morgan fingerprint density at radius 2 is 1.87 bits per heavy atom. The lowest BCUT2D eigenvalue weighted by molar-refractivity contribution is -0.122. The van der Waals surface area contributed by atoms with Crippen LogP contribution in [0.3, 0.4) is 0 Å². The van der Waals surface area contributed by atoms with Crippen LogP contribution in [0.15, 0.2) is 24.3 Å². The van der Waals surface area contributed by atoms with Crippen molar-refractivity contribution in [1.82, 2.24) is 10.6 Å². The SMILES string of the molecule is CCNC(=O)c1ccc(CNC(=O)C[C@@H]2CCC[C@H]2N)cc1.Cl. The molecule has 0 bridgehead atoms. The third kappa shape index (κ3) is 5.84. The van der Waals surface area contributed by atoms with Gasteiger partial charge < -0.3 is 16.4 Å². The number of nitrogens with two attached hydrogens (primary N) is 1. The molecule has 0 unspecified atom stereocenters. The molecule has 5 nitrogen and oxygen atoms in total. The Morgan fingerprint density at radius 3 is 2.43 bits per heavy atom. The van der Waals surface area contributed by atoms with E-state index in [9.17, 15) is 9.59 Å². The number of halogens is 1. The van der Waals surface area contributed by atoms with E-state index in [1.54, 1.807) is 12.1 Å². The molecule has 1 fully saturated rings. The Kier molecular flexibility index (Phi) is 8.06. The molecule has 0 aliphatic heterocycles. The fraction of sp³-hybridized carbons (Fsp3) is 0.529. The molecule has 0 radical (unpaired) electrons.